The molecule has 0 spiro atoms. The number of nitrogens with zero attached hydrogens (tertiary/aromatic N) is 5. The molecule has 0 amide bonds. The van der Waals surface area contributed by atoms with Crippen molar-refractivity contribution in [2.45, 2.75) is 31.8 Å². The molecule has 1 aliphatic rings. The second kappa shape index (κ2) is 8.65. The van der Waals surface area contributed by atoms with Crippen molar-refractivity contribution in [1.29, 1.82) is 0 Å². The number of rotatable bonds is 6. The van der Waals surface area contributed by atoms with Crippen molar-refractivity contribution in [3.05, 3.63) is 93.7 Å². The number of hydrogen-bond acceptors (Lipinski definition) is 7. The van der Waals surface area contributed by atoms with Crippen LogP contribution in [0.25, 0.3) is 27.8 Å². The summed E-state index contributed by atoms with van der Waals surface area (Å²) in [6.45, 7) is -0.401. The van der Waals surface area contributed by atoms with Crippen LogP contribution >= 0.6 is 0 Å². The lowest BCUT2D eigenvalue weighted by atomic mass is 10.0. The minimum atomic E-state index is -0.537. The first-order valence-corrected chi connectivity index (χ1v) is 11.6. The average Bonchev–Trinajstić information content (AvgIpc) is 3.60. The lowest BCUT2D eigenvalue weighted by Crippen LogP contribution is -2.20. The summed E-state index contributed by atoms with van der Waals surface area (Å²) in [5.41, 5.74) is 8.57. The highest BCUT2D eigenvalue weighted by atomic mass is 19.1. The van der Waals surface area contributed by atoms with Crippen LogP contribution in [0, 0.1) is 5.82 Å². The Kier molecular flexibility index (Phi) is 5.30. The minimum absolute atomic E-state index is 0.0167. The van der Waals surface area contributed by atoms with Crippen LogP contribution in [-0.2, 0) is 13.0 Å². The molecule has 1 aliphatic carbocycles. The summed E-state index contributed by atoms with van der Waals surface area (Å²) in [6.07, 6.45) is 7.47. The van der Waals surface area contributed by atoms with Crippen LogP contribution in [0.2, 0.25) is 0 Å². The Hall–Kier alpha value is -4.44. The number of aliphatic hydroxyl groups excluding tert-OH is 1. The highest BCUT2D eigenvalue weighted by Gasteiger charge is 2.25. The van der Waals surface area contributed by atoms with E-state index in [0.717, 1.165) is 24.0 Å². The van der Waals surface area contributed by atoms with Gasteiger partial charge in [0, 0.05) is 29.9 Å². The second-order valence-electron chi connectivity index (χ2n) is 8.91. The average molecular weight is 484 g/mol. The molecule has 10 heteroatoms. The third-order valence-corrected chi connectivity index (χ3v) is 6.45. The Balaban J connectivity index is 1.47. The fourth-order valence-corrected chi connectivity index (χ4v) is 4.56. The van der Waals surface area contributed by atoms with Crippen molar-refractivity contribution in [2.24, 2.45) is 0 Å². The standard InChI is InChI=1S/C26H22FN7O2/c27-20-10-17(15-4-5-15)9-16-6-7-34(25(36)23(16)20)21-3-1-2-18(19(21)13-35)24-31-22(32-26(28)33-24)8-14-11-29-30-12-14/h1-3,6-7,9-12,15,35H,4-5,8,13H2,(H,29,30)(H2,28,31,32,33). The number of pyridine rings is 1. The number of benzene rings is 2. The van der Waals surface area contributed by atoms with Crippen molar-refractivity contribution < 1.29 is 9.50 Å². The number of nitrogen functional groups attached to an aromatic ring is 1. The first-order chi connectivity index (χ1) is 17.5. The number of nitrogens with one attached hydrogen (secondary N) is 1. The third kappa shape index (κ3) is 3.91. The van der Waals surface area contributed by atoms with Gasteiger partial charge >= 0.3 is 0 Å². The molecular weight excluding hydrogens is 461 g/mol. The number of aliphatic hydroxyl groups is 1. The van der Waals surface area contributed by atoms with Gasteiger partial charge in [0.1, 0.15) is 11.6 Å². The Morgan fingerprint density at radius 1 is 1.17 bits per heavy atom. The second-order valence-corrected chi connectivity index (χ2v) is 8.91. The normalized spacial score (nSPS) is 13.4. The molecule has 5 aromatic rings. The fraction of sp³-hybridized carbons (Fsp3) is 0.192. The molecule has 0 radical (unpaired) electrons. The monoisotopic (exact) mass is 483 g/mol. The van der Waals surface area contributed by atoms with E-state index < -0.39 is 18.0 Å². The van der Waals surface area contributed by atoms with Crippen LogP contribution in [0.5, 0.6) is 0 Å². The van der Waals surface area contributed by atoms with E-state index in [0.29, 0.717) is 40.4 Å². The minimum Gasteiger partial charge on any atom is -0.392 e. The Morgan fingerprint density at radius 3 is 2.78 bits per heavy atom. The molecule has 2 aromatic carbocycles. The molecule has 0 unspecified atom stereocenters. The molecule has 0 saturated heterocycles. The van der Waals surface area contributed by atoms with Gasteiger partial charge in [-0.3, -0.25) is 14.5 Å². The van der Waals surface area contributed by atoms with Crippen LogP contribution in [0.4, 0.5) is 10.3 Å². The van der Waals surface area contributed by atoms with E-state index in [1.54, 1.807) is 42.9 Å². The van der Waals surface area contributed by atoms with Gasteiger partial charge in [-0.2, -0.15) is 15.1 Å². The number of aromatic nitrogens is 6. The molecule has 36 heavy (non-hydrogen) atoms. The molecule has 9 nitrogen and oxygen atoms in total. The van der Waals surface area contributed by atoms with Crippen LogP contribution < -0.4 is 11.3 Å². The van der Waals surface area contributed by atoms with Crippen LogP contribution in [0.3, 0.4) is 0 Å². The molecule has 0 aliphatic heterocycles. The Morgan fingerprint density at radius 2 is 2.03 bits per heavy atom. The van der Waals surface area contributed by atoms with Gasteiger partial charge in [-0.15, -0.1) is 0 Å². The summed E-state index contributed by atoms with van der Waals surface area (Å²) in [5.74, 6) is 0.564. The maximum atomic E-state index is 15.1. The van der Waals surface area contributed by atoms with Gasteiger partial charge in [0.25, 0.3) is 5.56 Å². The Bertz CT molecular complexity index is 1660. The van der Waals surface area contributed by atoms with Crippen LogP contribution in [0.15, 0.2) is 59.8 Å². The predicted octanol–water partition coefficient (Wildman–Crippen LogP) is 3.25. The fourth-order valence-electron chi connectivity index (χ4n) is 4.56. The zero-order chi connectivity index (χ0) is 24.8. The summed E-state index contributed by atoms with van der Waals surface area (Å²) in [5, 5.41) is 17.6. The van der Waals surface area contributed by atoms with Gasteiger partial charge in [-0.25, -0.2) is 9.37 Å². The van der Waals surface area contributed by atoms with Crippen molar-refractivity contribution in [3.8, 4) is 17.1 Å². The van der Waals surface area contributed by atoms with Gasteiger partial charge in [0.15, 0.2) is 5.82 Å². The van der Waals surface area contributed by atoms with Gasteiger partial charge in [-0.1, -0.05) is 18.2 Å². The molecule has 1 saturated carbocycles. The zero-order valence-corrected chi connectivity index (χ0v) is 19.1. The van der Waals surface area contributed by atoms with E-state index >= 15 is 4.39 Å². The van der Waals surface area contributed by atoms with Crippen molar-refractivity contribution >= 4 is 16.7 Å². The number of hydrogen-bond donors (Lipinski definition) is 3. The summed E-state index contributed by atoms with van der Waals surface area (Å²) in [4.78, 5) is 26.4. The first kappa shape index (κ1) is 22.1. The molecule has 3 aromatic heterocycles. The van der Waals surface area contributed by atoms with Gasteiger partial charge in [0.05, 0.1) is 23.9 Å². The van der Waals surface area contributed by atoms with E-state index in [2.05, 4.69) is 25.1 Å². The molecule has 180 valence electrons. The van der Waals surface area contributed by atoms with Crippen LogP contribution in [0.1, 0.15) is 41.3 Å². The lowest BCUT2D eigenvalue weighted by molar-refractivity contribution is 0.282. The number of fused-ring (bicyclic) bond motifs is 1. The Labute approximate surface area is 204 Å². The summed E-state index contributed by atoms with van der Waals surface area (Å²) >= 11 is 0. The van der Waals surface area contributed by atoms with E-state index in [-0.39, 0.29) is 17.2 Å². The smallest absolute Gasteiger partial charge is 0.265 e. The van der Waals surface area contributed by atoms with Crippen LogP contribution in [-0.4, -0.2) is 34.8 Å². The number of anilines is 1. The molecule has 0 atom stereocenters. The summed E-state index contributed by atoms with van der Waals surface area (Å²) in [7, 11) is 0. The SMILES string of the molecule is Nc1nc(Cc2cn[nH]c2)nc(-c2cccc(-n3ccc4cc(C5CC5)cc(F)c4c3=O)c2CO)n1. The topological polar surface area (TPSA) is 136 Å². The van der Waals surface area contributed by atoms with Gasteiger partial charge in [0.2, 0.25) is 5.95 Å². The van der Waals surface area contributed by atoms with Crippen molar-refractivity contribution in [1.82, 2.24) is 29.7 Å². The van der Waals surface area contributed by atoms with Gasteiger partial charge in [-0.05, 0) is 53.5 Å². The molecule has 4 N–H and O–H groups in total. The highest BCUT2D eigenvalue weighted by Crippen LogP contribution is 2.41. The molecule has 3 heterocycles. The zero-order valence-electron chi connectivity index (χ0n) is 19.1. The first-order valence-electron chi connectivity index (χ1n) is 11.6. The highest BCUT2D eigenvalue weighted by molar-refractivity contribution is 5.83. The van der Waals surface area contributed by atoms with Crippen molar-refractivity contribution in [2.75, 3.05) is 5.73 Å². The van der Waals surface area contributed by atoms with E-state index in [9.17, 15) is 9.90 Å². The third-order valence-electron chi connectivity index (χ3n) is 6.45. The number of nitrogens with two attached hydrogens (primary N) is 1. The number of H-pyrrole nitrogens is 1. The lowest BCUT2D eigenvalue weighted by Gasteiger charge is -2.15. The molecular formula is C26H22FN7O2. The maximum absolute atomic E-state index is 15.1. The molecule has 6 rings (SSSR count). The molecule has 0 bridgehead atoms. The summed E-state index contributed by atoms with van der Waals surface area (Å²) < 4.78 is 16.4. The predicted molar refractivity (Wildman–Crippen MR) is 132 cm³/mol. The molecule has 1 fully saturated rings. The van der Waals surface area contributed by atoms with Gasteiger partial charge < -0.3 is 10.8 Å². The largest absolute Gasteiger partial charge is 0.392 e. The number of aromatic amines is 1. The van der Waals surface area contributed by atoms with E-state index in [1.807, 2.05) is 6.07 Å². The van der Waals surface area contributed by atoms with Crippen molar-refractivity contribution in [3.63, 3.8) is 0 Å². The number of halogens is 1. The van der Waals surface area contributed by atoms with E-state index in [4.69, 9.17) is 5.73 Å². The maximum Gasteiger partial charge on any atom is 0.265 e. The quantitative estimate of drug-likeness (QED) is 0.337. The summed E-state index contributed by atoms with van der Waals surface area (Å²) in [6, 6.07) is 10.2. The van der Waals surface area contributed by atoms with E-state index in [1.165, 1.54) is 10.6 Å².